The SMILES string of the molecule is C=CN(/N=C(\N)N1CCC(O)CC1)c1ccc(Nc2nccc(-c3cc(F)cc(N4CCOCC4)c3)n2)cc1. The van der Waals surface area contributed by atoms with Gasteiger partial charge in [0.05, 0.1) is 30.7 Å². The minimum absolute atomic E-state index is 0.282. The molecule has 0 saturated carbocycles. The van der Waals surface area contributed by atoms with Crippen LogP contribution in [0.4, 0.5) is 27.4 Å². The predicted molar refractivity (Wildman–Crippen MR) is 151 cm³/mol. The molecule has 2 saturated heterocycles. The Balaban J connectivity index is 1.28. The Morgan fingerprint density at radius 2 is 1.87 bits per heavy atom. The summed E-state index contributed by atoms with van der Waals surface area (Å²) >= 11 is 0. The number of aliphatic hydroxyl groups excluding tert-OH is 1. The number of halogens is 1. The molecule has 5 rings (SSSR count). The van der Waals surface area contributed by atoms with Crippen molar-refractivity contribution in [2.45, 2.75) is 18.9 Å². The van der Waals surface area contributed by atoms with Crippen LogP contribution in [-0.4, -0.2) is 71.4 Å². The van der Waals surface area contributed by atoms with Gasteiger partial charge in [-0.1, -0.05) is 6.58 Å². The average Bonchev–Trinajstić information content (AvgIpc) is 2.97. The third-order valence-electron chi connectivity index (χ3n) is 6.77. The van der Waals surface area contributed by atoms with Crippen molar-refractivity contribution < 1.29 is 14.2 Å². The number of likely N-dealkylation sites (tertiary alicyclic amines) is 1. The number of aromatic nitrogens is 2. The second-order valence-corrected chi connectivity index (χ2v) is 9.44. The number of nitrogens with two attached hydrogens (primary N) is 1. The first-order valence-electron chi connectivity index (χ1n) is 13.0. The zero-order chi connectivity index (χ0) is 27.2. The smallest absolute Gasteiger partial charge is 0.227 e. The average molecular weight is 533 g/mol. The fourth-order valence-electron chi connectivity index (χ4n) is 4.61. The van der Waals surface area contributed by atoms with Crippen LogP contribution in [0, 0.1) is 5.82 Å². The quantitative estimate of drug-likeness (QED) is 0.239. The van der Waals surface area contributed by atoms with Crippen molar-refractivity contribution in [1.82, 2.24) is 14.9 Å². The number of ether oxygens (including phenoxy) is 1. The molecule has 0 radical (unpaired) electrons. The molecule has 10 nitrogen and oxygen atoms in total. The van der Waals surface area contributed by atoms with Gasteiger partial charge in [-0.15, -0.1) is 5.10 Å². The fraction of sp³-hybridized carbons (Fsp3) is 0.321. The number of morpholine rings is 1. The van der Waals surface area contributed by atoms with E-state index in [-0.39, 0.29) is 11.9 Å². The largest absolute Gasteiger partial charge is 0.393 e. The maximum absolute atomic E-state index is 14.5. The molecule has 2 aliphatic rings. The maximum atomic E-state index is 14.5. The molecule has 11 heteroatoms. The molecule has 0 aliphatic carbocycles. The van der Waals surface area contributed by atoms with E-state index in [2.05, 4.69) is 31.9 Å². The minimum Gasteiger partial charge on any atom is -0.393 e. The number of nitrogens with zero attached hydrogens (tertiary/aromatic N) is 6. The maximum Gasteiger partial charge on any atom is 0.227 e. The van der Waals surface area contributed by atoms with Crippen molar-refractivity contribution in [2.24, 2.45) is 10.8 Å². The predicted octanol–water partition coefficient (Wildman–Crippen LogP) is 3.50. The zero-order valence-corrected chi connectivity index (χ0v) is 21.7. The van der Waals surface area contributed by atoms with E-state index in [4.69, 9.17) is 10.5 Å². The second-order valence-electron chi connectivity index (χ2n) is 9.44. The summed E-state index contributed by atoms with van der Waals surface area (Å²) in [6.45, 7) is 7.86. The van der Waals surface area contributed by atoms with E-state index in [1.807, 2.05) is 35.2 Å². The summed E-state index contributed by atoms with van der Waals surface area (Å²) in [6.07, 6.45) is 4.29. The molecule has 1 aromatic heterocycles. The number of rotatable bonds is 7. The molecule has 2 aliphatic heterocycles. The fourth-order valence-corrected chi connectivity index (χ4v) is 4.61. The van der Waals surface area contributed by atoms with E-state index in [9.17, 15) is 9.50 Å². The number of hydrogen-bond donors (Lipinski definition) is 3. The van der Waals surface area contributed by atoms with Crippen LogP contribution in [0.5, 0.6) is 0 Å². The van der Waals surface area contributed by atoms with E-state index < -0.39 is 0 Å². The number of benzene rings is 2. The first kappa shape index (κ1) is 26.4. The number of nitrogens with one attached hydrogen (secondary N) is 1. The molecule has 3 heterocycles. The van der Waals surface area contributed by atoms with Gasteiger partial charge in [-0.2, -0.15) is 0 Å². The number of hydrazone groups is 1. The molecule has 0 amide bonds. The Hall–Kier alpha value is -4.22. The van der Waals surface area contributed by atoms with Crippen molar-refractivity contribution in [1.29, 1.82) is 0 Å². The van der Waals surface area contributed by atoms with E-state index in [0.717, 1.165) is 30.2 Å². The number of guanidine groups is 1. The van der Waals surface area contributed by atoms with Gasteiger partial charge in [0, 0.05) is 55.5 Å². The van der Waals surface area contributed by atoms with Crippen LogP contribution in [0.1, 0.15) is 12.8 Å². The topological polar surface area (TPSA) is 115 Å². The summed E-state index contributed by atoms with van der Waals surface area (Å²) in [6, 6.07) is 14.2. The standard InChI is InChI=1S/C28H33FN8O2/c1-2-37(34-27(30)36-11-8-25(38)9-12-36)23-5-3-22(4-6-23)32-28-31-10-7-26(33-28)20-17-21(29)19-24(18-20)35-13-15-39-16-14-35/h2-7,10,17-19,25,38H,1,8-9,11-16H2,(H2,30,34)(H,31,32,33). The monoisotopic (exact) mass is 532 g/mol. The van der Waals surface area contributed by atoms with Gasteiger partial charge in [-0.05, 0) is 61.4 Å². The Kier molecular flexibility index (Phi) is 8.18. The molecule has 2 aromatic carbocycles. The first-order valence-corrected chi connectivity index (χ1v) is 13.0. The highest BCUT2D eigenvalue weighted by Gasteiger charge is 2.19. The lowest BCUT2D eigenvalue weighted by Crippen LogP contribution is -2.44. The van der Waals surface area contributed by atoms with E-state index >= 15 is 0 Å². The second kappa shape index (κ2) is 12.1. The van der Waals surface area contributed by atoms with Gasteiger partial charge < -0.3 is 30.7 Å². The normalized spacial score (nSPS) is 16.7. The Morgan fingerprint density at radius 1 is 1.13 bits per heavy atom. The van der Waals surface area contributed by atoms with Crippen molar-refractivity contribution in [3.05, 3.63) is 73.3 Å². The first-order chi connectivity index (χ1) is 19.0. The highest BCUT2D eigenvalue weighted by atomic mass is 19.1. The van der Waals surface area contributed by atoms with Gasteiger partial charge >= 0.3 is 0 Å². The lowest BCUT2D eigenvalue weighted by molar-refractivity contribution is 0.108. The summed E-state index contributed by atoms with van der Waals surface area (Å²) in [5.74, 6) is 0.460. The highest BCUT2D eigenvalue weighted by molar-refractivity contribution is 5.79. The lowest BCUT2D eigenvalue weighted by Gasteiger charge is -2.31. The minimum atomic E-state index is -0.314. The number of anilines is 4. The molecule has 0 bridgehead atoms. The summed E-state index contributed by atoms with van der Waals surface area (Å²) < 4.78 is 19.9. The van der Waals surface area contributed by atoms with Crippen molar-refractivity contribution in [3.8, 4) is 11.3 Å². The van der Waals surface area contributed by atoms with E-state index in [1.54, 1.807) is 23.5 Å². The van der Waals surface area contributed by atoms with E-state index in [0.29, 0.717) is 62.3 Å². The van der Waals surface area contributed by atoms with Gasteiger partial charge in [0.2, 0.25) is 11.9 Å². The number of piperidine rings is 1. The van der Waals surface area contributed by atoms with Gasteiger partial charge in [0.1, 0.15) is 5.82 Å². The van der Waals surface area contributed by atoms with Gasteiger partial charge in [0.15, 0.2) is 0 Å². The Labute approximate surface area is 227 Å². The molecule has 0 spiro atoms. The molecule has 0 atom stereocenters. The Morgan fingerprint density at radius 3 is 2.59 bits per heavy atom. The molecule has 3 aromatic rings. The molecular formula is C28H33FN8O2. The third-order valence-corrected chi connectivity index (χ3v) is 6.77. The zero-order valence-electron chi connectivity index (χ0n) is 21.7. The summed E-state index contributed by atoms with van der Waals surface area (Å²) in [5, 5.41) is 19.0. The van der Waals surface area contributed by atoms with Crippen molar-refractivity contribution in [2.75, 3.05) is 54.6 Å². The van der Waals surface area contributed by atoms with Crippen LogP contribution in [0.15, 0.2) is 72.6 Å². The van der Waals surface area contributed by atoms with E-state index in [1.165, 1.54) is 12.1 Å². The summed E-state index contributed by atoms with van der Waals surface area (Å²) in [5.41, 5.74) is 9.86. The van der Waals surface area contributed by atoms with Crippen LogP contribution in [0.25, 0.3) is 11.3 Å². The van der Waals surface area contributed by atoms with Crippen LogP contribution in [0.3, 0.4) is 0 Å². The molecule has 0 unspecified atom stereocenters. The molecule has 204 valence electrons. The molecular weight excluding hydrogens is 499 g/mol. The highest BCUT2D eigenvalue weighted by Crippen LogP contribution is 2.27. The van der Waals surface area contributed by atoms with Crippen LogP contribution < -0.4 is 21.0 Å². The van der Waals surface area contributed by atoms with Gasteiger partial charge in [-0.3, -0.25) is 0 Å². The molecule has 2 fully saturated rings. The number of hydrogen-bond acceptors (Lipinski definition) is 8. The van der Waals surface area contributed by atoms with Crippen molar-refractivity contribution >= 4 is 29.0 Å². The van der Waals surface area contributed by atoms with Crippen molar-refractivity contribution in [3.63, 3.8) is 0 Å². The van der Waals surface area contributed by atoms with Gasteiger partial charge in [0.25, 0.3) is 0 Å². The van der Waals surface area contributed by atoms with Crippen LogP contribution >= 0.6 is 0 Å². The van der Waals surface area contributed by atoms with Crippen LogP contribution in [-0.2, 0) is 4.74 Å². The Bertz CT molecular complexity index is 1310. The van der Waals surface area contributed by atoms with Gasteiger partial charge in [-0.25, -0.2) is 19.4 Å². The van der Waals surface area contributed by atoms with Crippen LogP contribution in [0.2, 0.25) is 0 Å². The lowest BCUT2D eigenvalue weighted by atomic mass is 10.1. The summed E-state index contributed by atoms with van der Waals surface area (Å²) in [7, 11) is 0. The third kappa shape index (κ3) is 6.62. The molecule has 4 N–H and O–H groups in total. The molecule has 39 heavy (non-hydrogen) atoms. The summed E-state index contributed by atoms with van der Waals surface area (Å²) in [4.78, 5) is 13.0. The number of aliphatic hydroxyl groups is 1.